The van der Waals surface area contributed by atoms with Gasteiger partial charge < -0.3 is 20.4 Å². The lowest BCUT2D eigenvalue weighted by molar-refractivity contribution is -0.141. The van der Waals surface area contributed by atoms with Crippen LogP contribution in [0, 0.1) is 0 Å². The molecule has 0 aromatic rings. The molecule has 0 aromatic carbocycles. The van der Waals surface area contributed by atoms with Crippen molar-refractivity contribution in [1.29, 1.82) is 0 Å². The van der Waals surface area contributed by atoms with Gasteiger partial charge in [0.25, 0.3) is 0 Å². The summed E-state index contributed by atoms with van der Waals surface area (Å²) in [5, 5.41) is 21.2. The number of aliphatic hydroxyl groups excluding tert-OH is 1. The fraction of sp³-hybridized carbons (Fsp3) is 0.818. The van der Waals surface area contributed by atoms with Crippen molar-refractivity contribution in [2.45, 2.75) is 51.3 Å². The first-order chi connectivity index (χ1) is 7.99. The van der Waals surface area contributed by atoms with Crippen molar-refractivity contribution in [3.8, 4) is 0 Å². The summed E-state index contributed by atoms with van der Waals surface area (Å²) in [4.78, 5) is 24.0. The van der Waals surface area contributed by atoms with E-state index in [4.69, 9.17) is 5.11 Å². The van der Waals surface area contributed by atoms with Crippen molar-refractivity contribution >= 4 is 12.0 Å². The van der Waals surface area contributed by atoms with E-state index in [1.165, 1.54) is 4.90 Å². The lowest BCUT2D eigenvalue weighted by Gasteiger charge is -2.24. The summed E-state index contributed by atoms with van der Waals surface area (Å²) in [6.45, 7) is 4.01. The molecule has 6 heteroatoms. The Hall–Kier alpha value is -1.30. The third-order valence-corrected chi connectivity index (χ3v) is 3.14. The van der Waals surface area contributed by atoms with Gasteiger partial charge in [0.1, 0.15) is 6.04 Å². The predicted octanol–water partition coefficient (Wildman–Crippen LogP) is 0.404. The highest BCUT2D eigenvalue weighted by atomic mass is 16.4. The van der Waals surface area contributed by atoms with Crippen molar-refractivity contribution in [2.75, 3.05) is 6.54 Å². The van der Waals surface area contributed by atoms with E-state index in [1.807, 2.05) is 13.8 Å². The number of urea groups is 1. The van der Waals surface area contributed by atoms with E-state index in [0.29, 0.717) is 0 Å². The predicted molar refractivity (Wildman–Crippen MR) is 61.7 cm³/mol. The molecule has 3 N–H and O–H groups in total. The Kier molecular flexibility index (Phi) is 4.74. The first kappa shape index (κ1) is 13.8. The highest BCUT2D eigenvalue weighted by molar-refractivity contribution is 5.83. The Morgan fingerprint density at radius 3 is 2.47 bits per heavy atom. The lowest BCUT2D eigenvalue weighted by Crippen LogP contribution is -2.49. The number of carbonyl (C=O) groups is 2. The van der Waals surface area contributed by atoms with Gasteiger partial charge in [-0.05, 0) is 12.8 Å². The molecule has 6 nitrogen and oxygen atoms in total. The number of nitrogens with one attached hydrogen (secondary N) is 1. The molecule has 98 valence electrons. The van der Waals surface area contributed by atoms with Crippen LogP contribution < -0.4 is 5.32 Å². The van der Waals surface area contributed by atoms with Crippen molar-refractivity contribution < 1.29 is 19.8 Å². The molecule has 2 atom stereocenters. The summed E-state index contributed by atoms with van der Waals surface area (Å²) in [5.74, 6) is -1.07. The smallest absolute Gasteiger partial charge is 0.326 e. The molecule has 1 fully saturated rings. The van der Waals surface area contributed by atoms with E-state index in [-0.39, 0.29) is 19.0 Å². The quantitative estimate of drug-likeness (QED) is 0.668. The maximum absolute atomic E-state index is 11.9. The van der Waals surface area contributed by atoms with Crippen LogP contribution in [0.4, 0.5) is 4.79 Å². The van der Waals surface area contributed by atoms with Crippen LogP contribution in [0.1, 0.15) is 33.1 Å². The lowest BCUT2D eigenvalue weighted by atomic mass is 10.2. The molecule has 2 unspecified atom stereocenters. The minimum absolute atomic E-state index is 0.0506. The second kappa shape index (κ2) is 5.86. The van der Waals surface area contributed by atoms with Gasteiger partial charge in [-0.2, -0.15) is 0 Å². The summed E-state index contributed by atoms with van der Waals surface area (Å²) < 4.78 is 0. The van der Waals surface area contributed by atoms with E-state index in [2.05, 4.69) is 5.32 Å². The zero-order valence-electron chi connectivity index (χ0n) is 10.2. The monoisotopic (exact) mass is 244 g/mol. The number of likely N-dealkylation sites (tertiary alicyclic amines) is 1. The van der Waals surface area contributed by atoms with Gasteiger partial charge in [-0.1, -0.05) is 13.8 Å². The Morgan fingerprint density at radius 1 is 1.41 bits per heavy atom. The summed E-state index contributed by atoms with van der Waals surface area (Å²) in [6.07, 6.45) is 0.960. The van der Waals surface area contributed by atoms with Gasteiger partial charge in [0.05, 0.1) is 6.10 Å². The minimum atomic E-state index is -1.07. The highest BCUT2D eigenvalue weighted by Gasteiger charge is 2.39. The van der Waals surface area contributed by atoms with Crippen LogP contribution in [-0.2, 0) is 4.79 Å². The van der Waals surface area contributed by atoms with E-state index in [0.717, 1.165) is 12.8 Å². The number of carboxylic acids is 1. The molecule has 0 radical (unpaired) electrons. The largest absolute Gasteiger partial charge is 0.480 e. The molecule has 2 amide bonds. The molecule has 1 saturated heterocycles. The van der Waals surface area contributed by atoms with Crippen LogP contribution >= 0.6 is 0 Å². The Balaban J connectivity index is 2.64. The van der Waals surface area contributed by atoms with Gasteiger partial charge in [0.2, 0.25) is 0 Å². The number of nitrogens with zero attached hydrogens (tertiary/aromatic N) is 1. The van der Waals surface area contributed by atoms with Crippen molar-refractivity contribution in [2.24, 2.45) is 0 Å². The normalized spacial score (nSPS) is 24.1. The first-order valence-corrected chi connectivity index (χ1v) is 5.97. The zero-order valence-corrected chi connectivity index (χ0v) is 10.2. The highest BCUT2D eigenvalue weighted by Crippen LogP contribution is 2.18. The van der Waals surface area contributed by atoms with Crippen LogP contribution in [0.2, 0.25) is 0 Å². The molecule has 0 bridgehead atoms. The Labute approximate surface area is 101 Å². The van der Waals surface area contributed by atoms with Gasteiger partial charge in [-0.25, -0.2) is 9.59 Å². The van der Waals surface area contributed by atoms with Crippen molar-refractivity contribution in [3.63, 3.8) is 0 Å². The van der Waals surface area contributed by atoms with E-state index < -0.39 is 24.1 Å². The SMILES string of the molecule is CCC(CC)NC(=O)N1CC(O)CC1C(=O)O. The number of aliphatic hydroxyl groups is 1. The maximum atomic E-state index is 11.9. The number of aliphatic carboxylic acids is 1. The van der Waals surface area contributed by atoms with E-state index in [1.54, 1.807) is 0 Å². The standard InChI is InChI=1S/C11H20N2O4/c1-3-7(4-2)12-11(17)13-6-8(14)5-9(13)10(15)16/h7-9,14H,3-6H2,1-2H3,(H,12,17)(H,15,16). The Morgan fingerprint density at radius 2 is 2.00 bits per heavy atom. The molecule has 1 aliphatic heterocycles. The Bertz CT molecular complexity index is 291. The second-order valence-corrected chi connectivity index (χ2v) is 4.36. The van der Waals surface area contributed by atoms with Crippen molar-refractivity contribution in [1.82, 2.24) is 10.2 Å². The average molecular weight is 244 g/mol. The summed E-state index contributed by atoms with van der Waals surface area (Å²) in [5.41, 5.74) is 0. The fourth-order valence-electron chi connectivity index (χ4n) is 2.02. The van der Waals surface area contributed by atoms with Crippen LogP contribution in [0.25, 0.3) is 0 Å². The van der Waals surface area contributed by atoms with Crippen LogP contribution in [-0.4, -0.2) is 51.8 Å². The molecule has 0 aromatic heterocycles. The van der Waals surface area contributed by atoms with Crippen molar-refractivity contribution in [3.05, 3.63) is 0 Å². The van der Waals surface area contributed by atoms with E-state index >= 15 is 0 Å². The number of hydrogen-bond acceptors (Lipinski definition) is 3. The molecule has 0 aliphatic carbocycles. The molecule has 0 spiro atoms. The van der Waals surface area contributed by atoms with Gasteiger partial charge in [0, 0.05) is 19.0 Å². The minimum Gasteiger partial charge on any atom is -0.480 e. The van der Waals surface area contributed by atoms with Gasteiger partial charge in [-0.15, -0.1) is 0 Å². The molecule has 0 saturated carbocycles. The number of carboxylic acid groups (broad SMARTS) is 1. The number of β-amino-alcohol motifs (C(OH)–C–C–N with tert-alkyl or cyclic N) is 1. The van der Waals surface area contributed by atoms with Gasteiger partial charge >= 0.3 is 12.0 Å². The number of rotatable bonds is 4. The maximum Gasteiger partial charge on any atom is 0.326 e. The van der Waals surface area contributed by atoms with Gasteiger partial charge in [0.15, 0.2) is 0 Å². The third kappa shape index (κ3) is 3.33. The first-order valence-electron chi connectivity index (χ1n) is 5.97. The zero-order chi connectivity index (χ0) is 13.0. The molecule has 1 heterocycles. The summed E-state index contributed by atoms with van der Waals surface area (Å²) >= 11 is 0. The van der Waals surface area contributed by atoms with Gasteiger partial charge in [-0.3, -0.25) is 0 Å². The molecule has 1 rings (SSSR count). The fourth-order valence-corrected chi connectivity index (χ4v) is 2.02. The molecule has 1 aliphatic rings. The molecule has 17 heavy (non-hydrogen) atoms. The number of hydrogen-bond donors (Lipinski definition) is 3. The average Bonchev–Trinajstić information content (AvgIpc) is 2.68. The number of amides is 2. The topological polar surface area (TPSA) is 89.9 Å². The third-order valence-electron chi connectivity index (χ3n) is 3.14. The molecular formula is C11H20N2O4. The summed E-state index contributed by atoms with van der Waals surface area (Å²) in [6, 6.07) is -1.27. The second-order valence-electron chi connectivity index (χ2n) is 4.36. The number of carbonyl (C=O) groups excluding carboxylic acids is 1. The van der Waals surface area contributed by atoms with Crippen LogP contribution in [0.3, 0.4) is 0 Å². The van der Waals surface area contributed by atoms with Crippen LogP contribution in [0.5, 0.6) is 0 Å². The summed E-state index contributed by atoms with van der Waals surface area (Å²) in [7, 11) is 0. The van der Waals surface area contributed by atoms with E-state index in [9.17, 15) is 14.7 Å². The van der Waals surface area contributed by atoms with Crippen LogP contribution in [0.15, 0.2) is 0 Å². The molecular weight excluding hydrogens is 224 g/mol.